The molecule has 0 saturated heterocycles. The van der Waals surface area contributed by atoms with E-state index < -0.39 is 0 Å². The van der Waals surface area contributed by atoms with Crippen molar-refractivity contribution in [3.8, 4) is 5.75 Å². The minimum atomic E-state index is 0.496. The molecule has 0 radical (unpaired) electrons. The van der Waals surface area contributed by atoms with Crippen molar-refractivity contribution in [2.45, 2.75) is 45.7 Å². The molecular weight excluding hydrogens is 236 g/mol. The van der Waals surface area contributed by atoms with E-state index in [4.69, 9.17) is 4.74 Å². The van der Waals surface area contributed by atoms with Gasteiger partial charge in [-0.2, -0.15) is 0 Å². The zero-order valence-corrected chi connectivity index (χ0v) is 12.4. The minimum Gasteiger partial charge on any atom is -0.496 e. The Morgan fingerprint density at radius 1 is 1.37 bits per heavy atom. The first kappa shape index (κ1) is 14.4. The fourth-order valence-electron chi connectivity index (χ4n) is 2.86. The lowest BCUT2D eigenvalue weighted by Crippen LogP contribution is -2.30. The van der Waals surface area contributed by atoms with Gasteiger partial charge in [0.15, 0.2) is 0 Å². The molecule has 1 heterocycles. The van der Waals surface area contributed by atoms with Gasteiger partial charge in [0.25, 0.3) is 0 Å². The zero-order chi connectivity index (χ0) is 13.7. The molecule has 1 aromatic rings. The second-order valence-corrected chi connectivity index (χ2v) is 5.19. The maximum atomic E-state index is 5.57. The highest BCUT2D eigenvalue weighted by atomic mass is 16.5. The van der Waals surface area contributed by atoms with Crippen LogP contribution in [0, 0.1) is 0 Å². The van der Waals surface area contributed by atoms with Gasteiger partial charge in [0.1, 0.15) is 5.75 Å². The zero-order valence-electron chi connectivity index (χ0n) is 12.4. The molecule has 0 bridgehead atoms. The number of ether oxygens (including phenoxy) is 1. The lowest BCUT2D eigenvalue weighted by atomic mass is 9.90. The summed E-state index contributed by atoms with van der Waals surface area (Å²) in [4.78, 5) is 0. The van der Waals surface area contributed by atoms with Gasteiger partial charge in [-0.15, -0.1) is 0 Å². The first-order valence-corrected chi connectivity index (χ1v) is 7.43. The van der Waals surface area contributed by atoms with Crippen molar-refractivity contribution in [3.05, 3.63) is 28.8 Å². The molecule has 0 aromatic heterocycles. The highest BCUT2D eigenvalue weighted by Crippen LogP contribution is 2.32. The van der Waals surface area contributed by atoms with Crippen molar-refractivity contribution in [3.63, 3.8) is 0 Å². The first-order chi connectivity index (χ1) is 9.30. The van der Waals surface area contributed by atoms with E-state index in [1.165, 1.54) is 29.5 Å². The molecule has 19 heavy (non-hydrogen) atoms. The third kappa shape index (κ3) is 3.28. The molecule has 0 saturated carbocycles. The van der Waals surface area contributed by atoms with Crippen molar-refractivity contribution in [1.82, 2.24) is 10.6 Å². The first-order valence-electron chi connectivity index (χ1n) is 7.43. The third-order valence-corrected chi connectivity index (χ3v) is 3.85. The number of hydrogen-bond acceptors (Lipinski definition) is 3. The smallest absolute Gasteiger partial charge is 0.123 e. The monoisotopic (exact) mass is 262 g/mol. The Morgan fingerprint density at radius 2 is 2.21 bits per heavy atom. The summed E-state index contributed by atoms with van der Waals surface area (Å²) >= 11 is 0. The number of benzene rings is 1. The van der Waals surface area contributed by atoms with Crippen LogP contribution < -0.4 is 15.4 Å². The molecule has 0 amide bonds. The van der Waals surface area contributed by atoms with Crippen LogP contribution in [0.1, 0.15) is 49.4 Å². The number of fused-ring (bicyclic) bond motifs is 1. The average molecular weight is 262 g/mol. The van der Waals surface area contributed by atoms with Crippen molar-refractivity contribution in [1.29, 1.82) is 0 Å². The van der Waals surface area contributed by atoms with Crippen LogP contribution in [0.25, 0.3) is 0 Å². The molecule has 1 unspecified atom stereocenters. The molecule has 1 atom stereocenters. The van der Waals surface area contributed by atoms with E-state index in [1.54, 1.807) is 7.11 Å². The van der Waals surface area contributed by atoms with Crippen LogP contribution in [0.5, 0.6) is 5.75 Å². The van der Waals surface area contributed by atoms with Crippen molar-refractivity contribution >= 4 is 0 Å². The lowest BCUT2D eigenvalue weighted by molar-refractivity contribution is 0.402. The molecule has 3 heteroatoms. The summed E-state index contributed by atoms with van der Waals surface area (Å²) in [6, 6.07) is 5.07. The molecule has 0 fully saturated rings. The van der Waals surface area contributed by atoms with Gasteiger partial charge in [0.2, 0.25) is 0 Å². The largest absolute Gasteiger partial charge is 0.496 e. The van der Waals surface area contributed by atoms with Crippen molar-refractivity contribution in [2.24, 2.45) is 0 Å². The van der Waals surface area contributed by atoms with Crippen LogP contribution in [0.4, 0.5) is 0 Å². The van der Waals surface area contributed by atoms with E-state index in [0.717, 1.165) is 31.8 Å². The van der Waals surface area contributed by atoms with E-state index in [2.05, 4.69) is 36.6 Å². The molecule has 0 spiro atoms. The van der Waals surface area contributed by atoms with Crippen LogP contribution in [-0.4, -0.2) is 20.2 Å². The minimum absolute atomic E-state index is 0.496. The predicted molar refractivity (Wildman–Crippen MR) is 79.7 cm³/mol. The summed E-state index contributed by atoms with van der Waals surface area (Å²) in [6.07, 6.45) is 3.53. The van der Waals surface area contributed by atoms with Gasteiger partial charge in [-0.3, -0.25) is 0 Å². The maximum Gasteiger partial charge on any atom is 0.123 e. The molecule has 2 rings (SSSR count). The number of rotatable bonds is 6. The van der Waals surface area contributed by atoms with E-state index >= 15 is 0 Å². The Kier molecular flexibility index (Phi) is 5.23. The van der Waals surface area contributed by atoms with Gasteiger partial charge in [-0.05, 0) is 43.1 Å². The summed E-state index contributed by atoms with van der Waals surface area (Å²) < 4.78 is 5.57. The second kappa shape index (κ2) is 6.92. The quantitative estimate of drug-likeness (QED) is 0.827. The molecular formula is C16H26N2O. The van der Waals surface area contributed by atoms with Gasteiger partial charge in [0.05, 0.1) is 7.11 Å². The molecule has 1 aromatic carbocycles. The number of nitrogens with one attached hydrogen (secondary N) is 2. The van der Waals surface area contributed by atoms with Gasteiger partial charge >= 0.3 is 0 Å². The Bertz CT molecular complexity index is 417. The van der Waals surface area contributed by atoms with Crippen LogP contribution in [0.3, 0.4) is 0 Å². The predicted octanol–water partition coefficient (Wildman–Crippen LogP) is 2.79. The standard InChI is InChI=1S/C16H26N2O/c1-4-6-15-14-10-16(19-3)13(11-17-5-2)9-12(14)7-8-18-15/h9-10,15,17-18H,4-8,11H2,1-3H3. The Labute approximate surface area is 116 Å². The molecule has 106 valence electrons. The normalized spacial score (nSPS) is 18.2. The molecule has 1 aliphatic heterocycles. The highest BCUT2D eigenvalue weighted by Gasteiger charge is 2.21. The third-order valence-electron chi connectivity index (χ3n) is 3.85. The van der Waals surface area contributed by atoms with Gasteiger partial charge in [-0.25, -0.2) is 0 Å². The number of hydrogen-bond donors (Lipinski definition) is 2. The van der Waals surface area contributed by atoms with E-state index in [1.807, 2.05) is 0 Å². The van der Waals surface area contributed by atoms with Crippen molar-refractivity contribution < 1.29 is 4.74 Å². The Balaban J connectivity index is 2.30. The van der Waals surface area contributed by atoms with E-state index in [-0.39, 0.29) is 0 Å². The van der Waals surface area contributed by atoms with Gasteiger partial charge in [-0.1, -0.05) is 26.3 Å². The summed E-state index contributed by atoms with van der Waals surface area (Å²) in [6.45, 7) is 7.34. The summed E-state index contributed by atoms with van der Waals surface area (Å²) in [5.74, 6) is 1.02. The maximum absolute atomic E-state index is 5.57. The Hall–Kier alpha value is -1.06. The van der Waals surface area contributed by atoms with E-state index in [9.17, 15) is 0 Å². The van der Waals surface area contributed by atoms with Crippen LogP contribution in [0.15, 0.2) is 12.1 Å². The molecule has 1 aliphatic rings. The fraction of sp³-hybridized carbons (Fsp3) is 0.625. The van der Waals surface area contributed by atoms with Crippen LogP contribution >= 0.6 is 0 Å². The van der Waals surface area contributed by atoms with E-state index in [0.29, 0.717) is 6.04 Å². The average Bonchev–Trinajstić information content (AvgIpc) is 2.44. The Morgan fingerprint density at radius 3 is 2.89 bits per heavy atom. The molecule has 3 nitrogen and oxygen atoms in total. The topological polar surface area (TPSA) is 33.3 Å². The summed E-state index contributed by atoms with van der Waals surface area (Å²) in [5.41, 5.74) is 4.20. The highest BCUT2D eigenvalue weighted by molar-refractivity contribution is 5.45. The number of methoxy groups -OCH3 is 1. The second-order valence-electron chi connectivity index (χ2n) is 5.19. The van der Waals surface area contributed by atoms with Crippen molar-refractivity contribution in [2.75, 3.05) is 20.2 Å². The summed E-state index contributed by atoms with van der Waals surface area (Å²) in [5, 5.41) is 7.01. The van der Waals surface area contributed by atoms with Gasteiger partial charge in [0, 0.05) is 18.2 Å². The summed E-state index contributed by atoms with van der Waals surface area (Å²) in [7, 11) is 1.77. The fourth-order valence-corrected chi connectivity index (χ4v) is 2.86. The SMILES string of the molecule is CCCC1NCCc2cc(CNCC)c(OC)cc21. The van der Waals surface area contributed by atoms with Crippen LogP contribution in [0.2, 0.25) is 0 Å². The molecule has 0 aliphatic carbocycles. The lowest BCUT2D eigenvalue weighted by Gasteiger charge is -2.28. The van der Waals surface area contributed by atoms with Gasteiger partial charge < -0.3 is 15.4 Å². The van der Waals surface area contributed by atoms with Crippen LogP contribution in [-0.2, 0) is 13.0 Å². The molecule has 2 N–H and O–H groups in total.